The zero-order chi connectivity index (χ0) is 27.4. The van der Waals surface area contributed by atoms with Crippen molar-refractivity contribution in [3.8, 4) is 22.9 Å². The predicted molar refractivity (Wildman–Crippen MR) is 154 cm³/mol. The molecule has 0 atom stereocenters. The Morgan fingerprint density at radius 2 is 1.77 bits per heavy atom. The van der Waals surface area contributed by atoms with Crippen LogP contribution in [0, 0.1) is 11.3 Å². The monoisotopic (exact) mass is 596 g/mol. The van der Waals surface area contributed by atoms with Crippen LogP contribution in [0.3, 0.4) is 0 Å². The number of nitrogens with one attached hydrogen (secondary N) is 2. The van der Waals surface area contributed by atoms with Crippen molar-refractivity contribution in [3.05, 3.63) is 123 Å². The Morgan fingerprint density at radius 3 is 2.54 bits per heavy atom. The van der Waals surface area contributed by atoms with E-state index in [1.165, 1.54) is 6.21 Å². The number of H-pyrrole nitrogens is 1. The first-order valence-electron chi connectivity index (χ1n) is 11.7. The van der Waals surface area contributed by atoms with Crippen LogP contribution in [0.2, 0.25) is 5.02 Å². The van der Waals surface area contributed by atoms with Crippen LogP contribution < -0.4 is 10.2 Å². The third-order valence-electron chi connectivity index (χ3n) is 5.88. The quantitative estimate of drug-likeness (QED) is 0.0942. The van der Waals surface area contributed by atoms with Gasteiger partial charge in [-0.1, -0.05) is 76.1 Å². The summed E-state index contributed by atoms with van der Waals surface area (Å²) in [7, 11) is 0. The van der Waals surface area contributed by atoms with Gasteiger partial charge in [-0.25, -0.2) is 10.2 Å². The number of nitrogens with zero attached hydrogens (tertiary/aromatic N) is 2. The van der Waals surface area contributed by atoms with Gasteiger partial charge in [-0.2, -0.15) is 10.4 Å². The van der Waals surface area contributed by atoms with Crippen molar-refractivity contribution in [2.75, 3.05) is 0 Å². The number of hydrogen-bond acceptors (Lipinski definition) is 5. The smallest absolute Gasteiger partial charge is 0.343 e. The summed E-state index contributed by atoms with van der Waals surface area (Å²) >= 11 is 9.89. The molecular weight excluding hydrogens is 580 g/mol. The molecule has 0 aliphatic carbocycles. The summed E-state index contributed by atoms with van der Waals surface area (Å²) in [5.74, 6) is -0.794. The predicted octanol–water partition coefficient (Wildman–Crippen LogP) is 7.11. The van der Waals surface area contributed by atoms with Crippen LogP contribution in [-0.2, 0) is 0 Å². The molecule has 9 heteroatoms. The molecule has 0 bridgehead atoms. The summed E-state index contributed by atoms with van der Waals surface area (Å²) in [6.45, 7) is 0. The summed E-state index contributed by atoms with van der Waals surface area (Å²) < 4.78 is 6.30. The highest BCUT2D eigenvalue weighted by Crippen LogP contribution is 2.37. The van der Waals surface area contributed by atoms with Gasteiger partial charge < -0.3 is 9.72 Å². The molecule has 1 heterocycles. The number of nitriles is 1. The van der Waals surface area contributed by atoms with Gasteiger partial charge in [0.05, 0.1) is 22.9 Å². The molecule has 0 spiro atoms. The zero-order valence-electron chi connectivity index (χ0n) is 20.1. The van der Waals surface area contributed by atoms with E-state index in [2.05, 4.69) is 37.5 Å². The number of rotatable bonds is 6. The first-order valence-corrected chi connectivity index (χ1v) is 12.8. The molecule has 2 N–H and O–H groups in total. The molecule has 0 aliphatic rings. The van der Waals surface area contributed by atoms with Gasteiger partial charge in [0.25, 0.3) is 5.91 Å². The number of ether oxygens (including phenoxy) is 1. The van der Waals surface area contributed by atoms with Crippen LogP contribution in [0.1, 0.15) is 32.0 Å². The Labute approximate surface area is 236 Å². The molecule has 190 valence electrons. The van der Waals surface area contributed by atoms with Crippen LogP contribution in [0.4, 0.5) is 0 Å². The largest absolute Gasteiger partial charge is 0.422 e. The number of amides is 1. The third-order valence-corrected chi connectivity index (χ3v) is 6.70. The summed E-state index contributed by atoms with van der Waals surface area (Å²) in [5, 5.41) is 14.8. The first kappa shape index (κ1) is 25.9. The van der Waals surface area contributed by atoms with E-state index in [0.717, 1.165) is 4.47 Å². The van der Waals surface area contributed by atoms with E-state index in [4.69, 9.17) is 16.3 Å². The Morgan fingerprint density at radius 1 is 1.00 bits per heavy atom. The highest BCUT2D eigenvalue weighted by atomic mass is 79.9. The van der Waals surface area contributed by atoms with Crippen LogP contribution in [-0.4, -0.2) is 23.1 Å². The number of halogens is 2. The lowest BCUT2D eigenvalue weighted by molar-refractivity contribution is 0.0734. The van der Waals surface area contributed by atoms with Gasteiger partial charge in [-0.3, -0.25) is 4.79 Å². The first-order chi connectivity index (χ1) is 19.0. The average Bonchev–Trinajstić information content (AvgIpc) is 3.35. The molecule has 39 heavy (non-hydrogen) atoms. The van der Waals surface area contributed by atoms with Crippen molar-refractivity contribution < 1.29 is 14.3 Å². The van der Waals surface area contributed by atoms with E-state index in [9.17, 15) is 14.9 Å². The maximum absolute atomic E-state index is 13.3. The van der Waals surface area contributed by atoms with Crippen molar-refractivity contribution >= 4 is 56.5 Å². The second-order valence-corrected chi connectivity index (χ2v) is 9.65. The Kier molecular flexibility index (Phi) is 7.55. The van der Waals surface area contributed by atoms with Crippen molar-refractivity contribution in [3.63, 3.8) is 0 Å². The van der Waals surface area contributed by atoms with E-state index >= 15 is 0 Å². The number of fused-ring (bicyclic) bond motifs is 1. The van der Waals surface area contributed by atoms with Crippen molar-refractivity contribution in [2.24, 2.45) is 5.10 Å². The Bertz CT molecular complexity index is 1790. The minimum atomic E-state index is -0.543. The van der Waals surface area contributed by atoms with E-state index in [0.29, 0.717) is 43.7 Å². The number of para-hydroxylation sites is 1. The molecule has 0 saturated heterocycles. The summed E-state index contributed by atoms with van der Waals surface area (Å²) in [6.07, 6.45) is 1.38. The van der Waals surface area contributed by atoms with E-state index in [1.54, 1.807) is 72.8 Å². The Hall–Kier alpha value is -4.71. The Balaban J connectivity index is 1.46. The highest BCUT2D eigenvalue weighted by Gasteiger charge is 2.22. The van der Waals surface area contributed by atoms with Gasteiger partial charge in [-0.05, 0) is 42.5 Å². The maximum atomic E-state index is 13.3. The molecule has 0 aliphatic heterocycles. The molecule has 0 unspecified atom stereocenters. The zero-order valence-corrected chi connectivity index (χ0v) is 22.5. The summed E-state index contributed by atoms with van der Waals surface area (Å²) in [4.78, 5) is 29.0. The topological polar surface area (TPSA) is 107 Å². The normalized spacial score (nSPS) is 10.9. The molecule has 5 rings (SSSR count). The molecule has 0 radical (unpaired) electrons. The second-order valence-electron chi connectivity index (χ2n) is 8.33. The van der Waals surface area contributed by atoms with Gasteiger partial charge in [0.15, 0.2) is 0 Å². The summed E-state index contributed by atoms with van der Waals surface area (Å²) in [6, 6.07) is 28.2. The molecule has 0 saturated carbocycles. The average molecular weight is 598 g/mol. The van der Waals surface area contributed by atoms with Crippen molar-refractivity contribution in [1.29, 1.82) is 5.26 Å². The minimum absolute atomic E-state index is 0.197. The molecular formula is C30H18BrClN4O3. The maximum Gasteiger partial charge on any atom is 0.343 e. The number of hydrazone groups is 1. The standard InChI is InChI=1S/C30H18BrClN4O3/c31-21-13-14-25(39-30(38)18-7-2-1-3-8-18)20(15-21)17-34-36-29(37)28-26(22-10-4-5-12-24(22)32)23-11-6-9-19(16-33)27(23)35-28/h1-15,17,35H,(H,36,37). The fourth-order valence-electron chi connectivity index (χ4n) is 4.09. The molecule has 1 amide bonds. The van der Waals surface area contributed by atoms with Crippen LogP contribution in [0.15, 0.2) is 101 Å². The lowest BCUT2D eigenvalue weighted by Gasteiger charge is -2.08. The number of benzene rings is 4. The summed E-state index contributed by atoms with van der Waals surface area (Å²) in [5.41, 5.74) is 5.69. The second kappa shape index (κ2) is 11.4. The molecule has 4 aromatic carbocycles. The number of carbonyl (C=O) groups is 2. The SMILES string of the molecule is N#Cc1cccc2c(-c3ccccc3Cl)c(C(=O)NN=Cc3cc(Br)ccc3OC(=O)c3ccccc3)[nH]c12. The third kappa shape index (κ3) is 5.46. The molecule has 0 fully saturated rings. The van der Waals surface area contributed by atoms with Crippen LogP contribution in [0.25, 0.3) is 22.0 Å². The minimum Gasteiger partial charge on any atom is -0.422 e. The van der Waals surface area contributed by atoms with Gasteiger partial charge >= 0.3 is 5.97 Å². The van der Waals surface area contributed by atoms with E-state index < -0.39 is 11.9 Å². The van der Waals surface area contributed by atoms with Gasteiger partial charge in [0.1, 0.15) is 17.5 Å². The lowest BCUT2D eigenvalue weighted by Crippen LogP contribution is -2.19. The number of hydrogen-bond donors (Lipinski definition) is 2. The number of aromatic nitrogens is 1. The fourth-order valence-corrected chi connectivity index (χ4v) is 4.70. The number of aromatic amines is 1. The van der Waals surface area contributed by atoms with Crippen molar-refractivity contribution in [2.45, 2.75) is 0 Å². The molecule has 5 aromatic rings. The van der Waals surface area contributed by atoms with Crippen LogP contribution >= 0.6 is 27.5 Å². The fraction of sp³-hybridized carbons (Fsp3) is 0. The number of esters is 1. The van der Waals surface area contributed by atoms with Gasteiger partial charge in [-0.15, -0.1) is 0 Å². The van der Waals surface area contributed by atoms with Crippen LogP contribution in [0.5, 0.6) is 5.75 Å². The van der Waals surface area contributed by atoms with E-state index in [1.807, 2.05) is 18.2 Å². The van der Waals surface area contributed by atoms with Gasteiger partial charge in [0.2, 0.25) is 0 Å². The van der Waals surface area contributed by atoms with Gasteiger partial charge in [0, 0.05) is 31.6 Å². The number of carbonyl (C=O) groups excluding carboxylic acids is 2. The van der Waals surface area contributed by atoms with E-state index in [-0.39, 0.29) is 11.4 Å². The van der Waals surface area contributed by atoms with Crippen molar-refractivity contribution in [1.82, 2.24) is 10.4 Å². The molecule has 1 aromatic heterocycles. The molecule has 7 nitrogen and oxygen atoms in total. The highest BCUT2D eigenvalue weighted by molar-refractivity contribution is 9.10. The lowest BCUT2D eigenvalue weighted by atomic mass is 10.0.